The molecule has 102 valence electrons. The highest BCUT2D eigenvalue weighted by Crippen LogP contribution is 2.22. The summed E-state index contributed by atoms with van der Waals surface area (Å²) in [5.74, 6) is -0.349. The third kappa shape index (κ3) is 6.32. The van der Waals surface area contributed by atoms with Gasteiger partial charge in [-0.3, -0.25) is 8.37 Å². The second-order valence-corrected chi connectivity index (χ2v) is 7.32. The van der Waals surface area contributed by atoms with E-state index in [0.29, 0.717) is 13.2 Å². The first-order chi connectivity index (χ1) is 7.67. The molecule has 1 fully saturated rings. The van der Waals surface area contributed by atoms with E-state index < -0.39 is 20.2 Å². The van der Waals surface area contributed by atoms with Crippen molar-refractivity contribution in [2.24, 2.45) is 11.8 Å². The summed E-state index contributed by atoms with van der Waals surface area (Å²) < 4.78 is 57.8. The van der Waals surface area contributed by atoms with Crippen molar-refractivity contribution in [2.45, 2.75) is 0 Å². The van der Waals surface area contributed by atoms with E-state index in [0.717, 1.165) is 12.5 Å². The minimum absolute atomic E-state index is 0.0172. The molecule has 0 aromatic rings. The zero-order valence-electron chi connectivity index (χ0n) is 9.66. The molecule has 17 heavy (non-hydrogen) atoms. The highest BCUT2D eigenvalue weighted by molar-refractivity contribution is 7.86. The maximum atomic E-state index is 10.8. The first-order valence-corrected chi connectivity index (χ1v) is 8.57. The number of ether oxygens (including phenoxy) is 1. The third-order valence-corrected chi connectivity index (χ3v) is 3.45. The predicted octanol–water partition coefficient (Wildman–Crippen LogP) is -0.799. The summed E-state index contributed by atoms with van der Waals surface area (Å²) in [5, 5.41) is 0. The lowest BCUT2D eigenvalue weighted by atomic mass is 9.98. The molecule has 1 aliphatic rings. The van der Waals surface area contributed by atoms with Crippen LogP contribution >= 0.6 is 0 Å². The highest BCUT2D eigenvalue weighted by atomic mass is 32.2. The monoisotopic (exact) mass is 288 g/mol. The van der Waals surface area contributed by atoms with Crippen LogP contribution in [0, 0.1) is 11.8 Å². The van der Waals surface area contributed by atoms with Gasteiger partial charge in [0.15, 0.2) is 0 Å². The normalized spacial score (nSPS) is 26.2. The molecule has 0 spiro atoms. The van der Waals surface area contributed by atoms with Crippen LogP contribution in [-0.4, -0.2) is 55.8 Å². The van der Waals surface area contributed by atoms with Crippen LogP contribution in [0.15, 0.2) is 0 Å². The number of hydrogen-bond donors (Lipinski definition) is 0. The SMILES string of the molecule is CS(=O)(=O)OC[C@@H]1COC[C@H]1COS(C)(=O)=O. The van der Waals surface area contributed by atoms with Gasteiger partial charge in [0.25, 0.3) is 20.2 Å². The average molecular weight is 288 g/mol. The Morgan fingerprint density at radius 2 is 1.29 bits per heavy atom. The Morgan fingerprint density at radius 3 is 1.59 bits per heavy atom. The standard InChI is InChI=1S/C8H16O7S2/c1-16(9,10)14-5-7-3-13-4-8(7)6-15-17(2,11)12/h7-8H,3-6H2,1-2H3/t7-,8-/m0/s1. The van der Waals surface area contributed by atoms with Crippen molar-refractivity contribution in [3.63, 3.8) is 0 Å². The average Bonchev–Trinajstić information content (AvgIpc) is 2.56. The summed E-state index contributed by atoms with van der Waals surface area (Å²) in [4.78, 5) is 0. The Hall–Kier alpha value is -0.220. The van der Waals surface area contributed by atoms with Crippen LogP contribution < -0.4 is 0 Å². The van der Waals surface area contributed by atoms with Crippen LogP contribution in [-0.2, 0) is 33.3 Å². The van der Waals surface area contributed by atoms with Crippen molar-refractivity contribution in [2.75, 3.05) is 38.9 Å². The van der Waals surface area contributed by atoms with Crippen LogP contribution in [0.1, 0.15) is 0 Å². The molecule has 0 aliphatic carbocycles. The van der Waals surface area contributed by atoms with E-state index in [4.69, 9.17) is 4.74 Å². The van der Waals surface area contributed by atoms with Crippen LogP contribution in [0.5, 0.6) is 0 Å². The van der Waals surface area contributed by atoms with Gasteiger partial charge in [0.2, 0.25) is 0 Å². The predicted molar refractivity (Wildman–Crippen MR) is 59.4 cm³/mol. The van der Waals surface area contributed by atoms with Gasteiger partial charge in [0.1, 0.15) is 0 Å². The minimum atomic E-state index is -3.49. The van der Waals surface area contributed by atoms with Gasteiger partial charge in [-0.2, -0.15) is 16.8 Å². The number of hydrogen-bond acceptors (Lipinski definition) is 7. The molecule has 7 nitrogen and oxygen atoms in total. The van der Waals surface area contributed by atoms with Gasteiger partial charge in [-0.1, -0.05) is 0 Å². The maximum Gasteiger partial charge on any atom is 0.264 e. The van der Waals surface area contributed by atoms with Gasteiger partial charge in [-0.25, -0.2) is 0 Å². The fourth-order valence-corrected chi connectivity index (χ4v) is 2.28. The highest BCUT2D eigenvalue weighted by Gasteiger charge is 2.30. The topological polar surface area (TPSA) is 96.0 Å². The molecule has 0 amide bonds. The molecular formula is C8H16O7S2. The van der Waals surface area contributed by atoms with Crippen LogP contribution in [0.25, 0.3) is 0 Å². The zero-order valence-corrected chi connectivity index (χ0v) is 11.3. The van der Waals surface area contributed by atoms with Gasteiger partial charge >= 0.3 is 0 Å². The smallest absolute Gasteiger partial charge is 0.264 e. The van der Waals surface area contributed by atoms with E-state index in [1.807, 2.05) is 0 Å². The van der Waals surface area contributed by atoms with E-state index in [9.17, 15) is 16.8 Å². The lowest BCUT2D eigenvalue weighted by Gasteiger charge is -2.15. The molecule has 0 saturated carbocycles. The third-order valence-electron chi connectivity index (χ3n) is 2.32. The summed E-state index contributed by atoms with van der Waals surface area (Å²) in [5.41, 5.74) is 0. The Balaban J connectivity index is 2.44. The first-order valence-electron chi connectivity index (χ1n) is 4.94. The van der Waals surface area contributed by atoms with Gasteiger partial charge in [0, 0.05) is 11.8 Å². The quantitative estimate of drug-likeness (QED) is 0.590. The molecule has 1 saturated heterocycles. The summed E-state index contributed by atoms with van der Waals surface area (Å²) in [6.45, 7) is 0.647. The molecule has 0 N–H and O–H groups in total. The van der Waals surface area contributed by atoms with Crippen molar-refractivity contribution in [3.05, 3.63) is 0 Å². The first kappa shape index (κ1) is 14.8. The summed E-state index contributed by atoms with van der Waals surface area (Å²) >= 11 is 0. The fourth-order valence-electron chi connectivity index (χ4n) is 1.43. The molecular weight excluding hydrogens is 272 g/mol. The molecule has 1 heterocycles. The minimum Gasteiger partial charge on any atom is -0.381 e. The summed E-state index contributed by atoms with van der Waals surface area (Å²) in [6, 6.07) is 0. The molecule has 2 atom stereocenters. The largest absolute Gasteiger partial charge is 0.381 e. The molecule has 9 heteroatoms. The molecule has 1 aliphatic heterocycles. The summed E-state index contributed by atoms with van der Waals surface area (Å²) in [7, 11) is -6.99. The van der Waals surface area contributed by atoms with Crippen LogP contribution in [0.2, 0.25) is 0 Å². The Bertz CT molecular complexity index is 396. The lowest BCUT2D eigenvalue weighted by molar-refractivity contribution is 0.167. The van der Waals surface area contributed by atoms with Gasteiger partial charge in [-0.05, 0) is 0 Å². The van der Waals surface area contributed by atoms with Crippen molar-refractivity contribution < 1.29 is 29.9 Å². The second kappa shape index (κ2) is 5.61. The van der Waals surface area contributed by atoms with Crippen molar-refractivity contribution in [3.8, 4) is 0 Å². The Labute approximate surface area is 101 Å². The molecule has 1 rings (SSSR count). The fraction of sp³-hybridized carbons (Fsp3) is 1.00. The second-order valence-electron chi connectivity index (χ2n) is 4.03. The van der Waals surface area contributed by atoms with E-state index in [1.165, 1.54) is 0 Å². The van der Waals surface area contributed by atoms with Gasteiger partial charge in [-0.15, -0.1) is 0 Å². The van der Waals surface area contributed by atoms with E-state index >= 15 is 0 Å². The molecule has 0 bridgehead atoms. The van der Waals surface area contributed by atoms with E-state index in [-0.39, 0.29) is 25.0 Å². The number of rotatable bonds is 6. The van der Waals surface area contributed by atoms with Crippen molar-refractivity contribution in [1.82, 2.24) is 0 Å². The Kier molecular flexibility index (Phi) is 4.90. The molecule has 0 aromatic carbocycles. The maximum absolute atomic E-state index is 10.8. The lowest BCUT2D eigenvalue weighted by Crippen LogP contribution is -2.25. The Morgan fingerprint density at radius 1 is 0.941 bits per heavy atom. The van der Waals surface area contributed by atoms with Gasteiger partial charge in [0.05, 0.1) is 38.9 Å². The van der Waals surface area contributed by atoms with Crippen molar-refractivity contribution >= 4 is 20.2 Å². The molecule has 0 unspecified atom stereocenters. The molecule has 0 radical (unpaired) electrons. The van der Waals surface area contributed by atoms with E-state index in [1.54, 1.807) is 0 Å². The molecule has 0 aromatic heterocycles. The summed E-state index contributed by atoms with van der Waals surface area (Å²) in [6.07, 6.45) is 1.93. The van der Waals surface area contributed by atoms with Crippen LogP contribution in [0.3, 0.4) is 0 Å². The van der Waals surface area contributed by atoms with Crippen LogP contribution in [0.4, 0.5) is 0 Å². The van der Waals surface area contributed by atoms with Gasteiger partial charge < -0.3 is 4.74 Å². The zero-order chi connectivity index (χ0) is 13.1. The van der Waals surface area contributed by atoms with Crippen molar-refractivity contribution in [1.29, 1.82) is 0 Å². The van der Waals surface area contributed by atoms with E-state index in [2.05, 4.69) is 8.37 Å².